The van der Waals surface area contributed by atoms with Crippen LogP contribution in [0.1, 0.15) is 25.7 Å². The molecule has 0 saturated heterocycles. The molecular weight excluding hydrogens is 324 g/mol. The molecule has 102 valence electrons. The first-order valence-electron chi connectivity index (χ1n) is 6.66. The number of alkyl halides is 1. The van der Waals surface area contributed by atoms with Gasteiger partial charge in [-0.1, -0.05) is 40.9 Å². The molecule has 0 amide bonds. The molecule has 19 heavy (non-hydrogen) atoms. The Kier molecular flexibility index (Phi) is 5.93. The molecule has 0 unspecified atom stereocenters. The second kappa shape index (κ2) is 7.71. The molecule has 0 aliphatic heterocycles. The summed E-state index contributed by atoms with van der Waals surface area (Å²) in [5, 5.41) is 5.79. The zero-order chi connectivity index (χ0) is 13.5. The van der Waals surface area contributed by atoms with Crippen molar-refractivity contribution in [1.29, 1.82) is 0 Å². The van der Waals surface area contributed by atoms with E-state index in [1.807, 2.05) is 18.3 Å². The SMILES string of the molecule is ClCCCCCCNc1nccc2c(Br)cccc12. The number of pyridine rings is 1. The van der Waals surface area contributed by atoms with Gasteiger partial charge in [0.15, 0.2) is 0 Å². The van der Waals surface area contributed by atoms with Gasteiger partial charge in [-0.2, -0.15) is 0 Å². The van der Waals surface area contributed by atoms with Gasteiger partial charge in [0.05, 0.1) is 0 Å². The Morgan fingerprint density at radius 3 is 2.74 bits per heavy atom. The molecule has 0 aliphatic rings. The summed E-state index contributed by atoms with van der Waals surface area (Å²) in [6.45, 7) is 0.959. The zero-order valence-corrected chi connectivity index (χ0v) is 13.2. The number of halogens is 2. The highest BCUT2D eigenvalue weighted by Gasteiger charge is 2.03. The van der Waals surface area contributed by atoms with Gasteiger partial charge in [-0.3, -0.25) is 0 Å². The maximum Gasteiger partial charge on any atom is 0.133 e. The van der Waals surface area contributed by atoms with E-state index < -0.39 is 0 Å². The monoisotopic (exact) mass is 340 g/mol. The number of hydrogen-bond acceptors (Lipinski definition) is 2. The molecule has 4 heteroatoms. The molecule has 0 saturated carbocycles. The van der Waals surface area contributed by atoms with Crippen LogP contribution in [0, 0.1) is 0 Å². The van der Waals surface area contributed by atoms with E-state index in [0.717, 1.165) is 40.9 Å². The van der Waals surface area contributed by atoms with Gasteiger partial charge in [-0.05, 0) is 25.0 Å². The molecule has 2 rings (SSSR count). The largest absolute Gasteiger partial charge is 0.370 e. The molecule has 0 bridgehead atoms. The highest BCUT2D eigenvalue weighted by atomic mass is 79.9. The predicted octanol–water partition coefficient (Wildman–Crippen LogP) is 5.21. The van der Waals surface area contributed by atoms with Crippen LogP contribution in [0.4, 0.5) is 5.82 Å². The Balaban J connectivity index is 1.95. The second-order valence-electron chi connectivity index (χ2n) is 4.52. The Morgan fingerprint density at radius 1 is 1.05 bits per heavy atom. The lowest BCUT2D eigenvalue weighted by molar-refractivity contribution is 0.687. The highest BCUT2D eigenvalue weighted by Crippen LogP contribution is 2.27. The van der Waals surface area contributed by atoms with E-state index >= 15 is 0 Å². The summed E-state index contributed by atoms with van der Waals surface area (Å²) in [6.07, 6.45) is 6.54. The molecule has 0 radical (unpaired) electrons. The maximum absolute atomic E-state index is 5.66. The van der Waals surface area contributed by atoms with Gasteiger partial charge in [0.2, 0.25) is 0 Å². The topological polar surface area (TPSA) is 24.9 Å². The fraction of sp³-hybridized carbons (Fsp3) is 0.400. The molecule has 0 aliphatic carbocycles. The summed E-state index contributed by atoms with van der Waals surface area (Å²) in [4.78, 5) is 4.43. The van der Waals surface area contributed by atoms with Crippen molar-refractivity contribution in [3.05, 3.63) is 34.9 Å². The molecule has 1 aromatic carbocycles. The lowest BCUT2D eigenvalue weighted by Crippen LogP contribution is -2.03. The first kappa shape index (κ1) is 14.6. The third-order valence-corrected chi connectivity index (χ3v) is 4.06. The Hall–Kier alpha value is -0.800. The smallest absolute Gasteiger partial charge is 0.133 e. The van der Waals surface area contributed by atoms with Gasteiger partial charge in [0, 0.05) is 33.9 Å². The molecule has 1 heterocycles. The summed E-state index contributed by atoms with van der Waals surface area (Å²) in [7, 11) is 0. The van der Waals surface area contributed by atoms with Crippen LogP contribution < -0.4 is 5.32 Å². The summed E-state index contributed by atoms with van der Waals surface area (Å²) in [5.74, 6) is 1.74. The normalized spacial score (nSPS) is 10.8. The van der Waals surface area contributed by atoms with Crippen LogP contribution in [0.5, 0.6) is 0 Å². The van der Waals surface area contributed by atoms with Gasteiger partial charge in [0.1, 0.15) is 5.82 Å². The first-order valence-corrected chi connectivity index (χ1v) is 7.99. The van der Waals surface area contributed by atoms with Crippen molar-refractivity contribution in [2.24, 2.45) is 0 Å². The van der Waals surface area contributed by atoms with Crippen LogP contribution in [-0.4, -0.2) is 17.4 Å². The summed E-state index contributed by atoms with van der Waals surface area (Å²) in [5.41, 5.74) is 0. The number of aromatic nitrogens is 1. The Labute approximate surface area is 127 Å². The quantitative estimate of drug-likeness (QED) is 0.552. The molecule has 0 atom stereocenters. The highest BCUT2D eigenvalue weighted by molar-refractivity contribution is 9.10. The number of rotatable bonds is 7. The van der Waals surface area contributed by atoms with Crippen molar-refractivity contribution >= 4 is 44.1 Å². The van der Waals surface area contributed by atoms with Gasteiger partial charge in [-0.15, -0.1) is 11.6 Å². The molecule has 0 spiro atoms. The number of unbranched alkanes of at least 4 members (excludes halogenated alkanes) is 3. The van der Waals surface area contributed by atoms with Crippen LogP contribution in [0.25, 0.3) is 10.8 Å². The lowest BCUT2D eigenvalue weighted by Gasteiger charge is -2.09. The van der Waals surface area contributed by atoms with E-state index in [1.54, 1.807) is 0 Å². The van der Waals surface area contributed by atoms with E-state index in [4.69, 9.17) is 11.6 Å². The third kappa shape index (κ3) is 4.08. The second-order valence-corrected chi connectivity index (χ2v) is 5.76. The fourth-order valence-electron chi connectivity index (χ4n) is 2.09. The van der Waals surface area contributed by atoms with E-state index in [1.165, 1.54) is 18.2 Å². The lowest BCUT2D eigenvalue weighted by atomic mass is 10.1. The van der Waals surface area contributed by atoms with E-state index in [-0.39, 0.29) is 0 Å². The number of anilines is 1. The molecule has 0 fully saturated rings. The van der Waals surface area contributed by atoms with Crippen molar-refractivity contribution < 1.29 is 0 Å². The molecule has 2 nitrogen and oxygen atoms in total. The standard InChI is InChI=1S/C15H18BrClN2/c16-14-7-5-6-13-12(14)8-11-19-15(13)18-10-4-2-1-3-9-17/h5-8,11H,1-4,9-10H2,(H,18,19). The van der Waals surface area contributed by atoms with E-state index in [2.05, 4.69) is 38.4 Å². The Bertz CT molecular complexity index is 531. The molecule has 1 aromatic heterocycles. The van der Waals surface area contributed by atoms with Crippen LogP contribution in [0.2, 0.25) is 0 Å². The number of nitrogens with one attached hydrogen (secondary N) is 1. The molecular formula is C15H18BrClN2. The van der Waals surface area contributed by atoms with Gasteiger partial charge < -0.3 is 5.32 Å². The fourth-order valence-corrected chi connectivity index (χ4v) is 2.78. The van der Waals surface area contributed by atoms with E-state index in [0.29, 0.717) is 0 Å². The summed E-state index contributed by atoms with van der Waals surface area (Å²) >= 11 is 9.23. The van der Waals surface area contributed by atoms with E-state index in [9.17, 15) is 0 Å². The van der Waals surface area contributed by atoms with Crippen molar-refractivity contribution in [3.8, 4) is 0 Å². The molecule has 2 aromatic rings. The zero-order valence-electron chi connectivity index (χ0n) is 10.8. The number of benzene rings is 1. The Morgan fingerprint density at radius 2 is 1.89 bits per heavy atom. The minimum atomic E-state index is 0.770. The van der Waals surface area contributed by atoms with Crippen molar-refractivity contribution in [3.63, 3.8) is 0 Å². The van der Waals surface area contributed by atoms with Crippen molar-refractivity contribution in [2.75, 3.05) is 17.7 Å². The van der Waals surface area contributed by atoms with Gasteiger partial charge in [-0.25, -0.2) is 4.98 Å². The summed E-state index contributed by atoms with van der Waals surface area (Å²) < 4.78 is 1.11. The minimum absolute atomic E-state index is 0.770. The predicted molar refractivity (Wildman–Crippen MR) is 87.1 cm³/mol. The van der Waals surface area contributed by atoms with Crippen LogP contribution in [-0.2, 0) is 0 Å². The van der Waals surface area contributed by atoms with Gasteiger partial charge >= 0.3 is 0 Å². The average molecular weight is 342 g/mol. The number of fused-ring (bicyclic) bond motifs is 1. The number of hydrogen-bond donors (Lipinski definition) is 1. The van der Waals surface area contributed by atoms with Crippen LogP contribution in [0.3, 0.4) is 0 Å². The third-order valence-electron chi connectivity index (χ3n) is 3.11. The van der Waals surface area contributed by atoms with Crippen LogP contribution in [0.15, 0.2) is 34.9 Å². The van der Waals surface area contributed by atoms with Crippen LogP contribution >= 0.6 is 27.5 Å². The summed E-state index contributed by atoms with van der Waals surface area (Å²) in [6, 6.07) is 8.23. The first-order chi connectivity index (χ1) is 9.33. The average Bonchev–Trinajstić information content (AvgIpc) is 2.43. The van der Waals surface area contributed by atoms with Gasteiger partial charge in [0.25, 0.3) is 0 Å². The number of nitrogens with zero attached hydrogens (tertiary/aromatic N) is 1. The molecule has 1 N–H and O–H groups in total. The van der Waals surface area contributed by atoms with Crippen molar-refractivity contribution in [1.82, 2.24) is 4.98 Å². The maximum atomic E-state index is 5.66. The minimum Gasteiger partial charge on any atom is -0.370 e. The van der Waals surface area contributed by atoms with Crippen molar-refractivity contribution in [2.45, 2.75) is 25.7 Å².